The molecule has 0 radical (unpaired) electrons. The number of anilines is 1. The zero-order valence-electron chi connectivity index (χ0n) is 14.1. The first-order valence-electron chi connectivity index (χ1n) is 8.52. The lowest BCUT2D eigenvalue weighted by molar-refractivity contribution is -0.146. The van der Waals surface area contributed by atoms with Gasteiger partial charge in [-0.1, -0.05) is 0 Å². The zero-order chi connectivity index (χ0) is 19.0. The summed E-state index contributed by atoms with van der Waals surface area (Å²) in [6, 6.07) is 6.19. The van der Waals surface area contributed by atoms with Crippen molar-refractivity contribution in [3.8, 4) is 0 Å². The Hall–Kier alpha value is -2.98. The molecule has 3 aromatic heterocycles. The van der Waals surface area contributed by atoms with Crippen molar-refractivity contribution in [2.45, 2.75) is 43.9 Å². The highest BCUT2D eigenvalue weighted by molar-refractivity contribution is 5.44. The van der Waals surface area contributed by atoms with Crippen LogP contribution in [0.3, 0.4) is 0 Å². The van der Waals surface area contributed by atoms with Crippen molar-refractivity contribution in [3.05, 3.63) is 46.6 Å². The van der Waals surface area contributed by atoms with E-state index in [1.165, 1.54) is 16.8 Å². The summed E-state index contributed by atoms with van der Waals surface area (Å²) in [5.41, 5.74) is -0.0978. The molecule has 0 aliphatic heterocycles. The number of alkyl halides is 3. The van der Waals surface area contributed by atoms with Gasteiger partial charge in [-0.2, -0.15) is 22.8 Å². The molecule has 0 spiro atoms. The van der Waals surface area contributed by atoms with E-state index in [9.17, 15) is 18.0 Å². The average Bonchev–Trinajstić information content (AvgIpc) is 3.07. The van der Waals surface area contributed by atoms with Gasteiger partial charge in [-0.15, -0.1) is 15.3 Å². The minimum absolute atomic E-state index is 0.0295. The number of hydrogen-bond donors (Lipinski definition) is 1. The van der Waals surface area contributed by atoms with E-state index >= 15 is 0 Å². The second-order valence-electron chi connectivity index (χ2n) is 6.47. The molecule has 0 bridgehead atoms. The van der Waals surface area contributed by atoms with E-state index in [1.807, 2.05) is 0 Å². The Balaban J connectivity index is 1.46. The summed E-state index contributed by atoms with van der Waals surface area (Å²) in [6.45, 7) is 0. The van der Waals surface area contributed by atoms with Crippen LogP contribution in [0.5, 0.6) is 0 Å². The Morgan fingerprint density at radius 2 is 1.85 bits per heavy atom. The highest BCUT2D eigenvalue weighted by Crippen LogP contribution is 2.30. The third-order valence-corrected chi connectivity index (χ3v) is 4.65. The first kappa shape index (κ1) is 17.4. The SMILES string of the molecule is O=c1cccnn1C1CCC(Nc2ccc3nnc(C(F)(F)F)n3n2)CC1. The summed E-state index contributed by atoms with van der Waals surface area (Å²) in [5.74, 6) is -0.828. The van der Waals surface area contributed by atoms with Gasteiger partial charge in [0.2, 0.25) is 0 Å². The number of halogens is 3. The maximum atomic E-state index is 13.0. The van der Waals surface area contributed by atoms with Crippen LogP contribution < -0.4 is 10.9 Å². The fourth-order valence-electron chi connectivity index (χ4n) is 3.36. The van der Waals surface area contributed by atoms with Crippen LogP contribution in [0.25, 0.3) is 5.65 Å². The Morgan fingerprint density at radius 1 is 1.07 bits per heavy atom. The predicted molar refractivity (Wildman–Crippen MR) is 89.2 cm³/mol. The van der Waals surface area contributed by atoms with Crippen molar-refractivity contribution in [3.63, 3.8) is 0 Å². The minimum atomic E-state index is -4.63. The van der Waals surface area contributed by atoms with Crippen molar-refractivity contribution in [2.24, 2.45) is 0 Å². The van der Waals surface area contributed by atoms with Gasteiger partial charge in [-0.3, -0.25) is 4.79 Å². The second kappa shape index (κ2) is 6.63. The molecule has 3 heterocycles. The molecule has 4 rings (SSSR count). The molecule has 1 N–H and O–H groups in total. The molecule has 27 heavy (non-hydrogen) atoms. The number of aromatic nitrogens is 6. The standard InChI is InChI=1S/C16H16F3N7O/c17-16(18,19)15-23-22-13-8-7-12(24-26(13)15)21-10-3-5-11(6-4-10)25-14(27)2-1-9-20-25/h1-2,7-11H,3-6H2,(H,21,24). The molecule has 1 aliphatic rings. The molecular formula is C16H16F3N7O. The smallest absolute Gasteiger partial charge is 0.366 e. The van der Waals surface area contributed by atoms with Crippen LogP contribution in [0.1, 0.15) is 37.5 Å². The molecule has 0 unspecified atom stereocenters. The number of hydrogen-bond acceptors (Lipinski definition) is 6. The monoisotopic (exact) mass is 379 g/mol. The Kier molecular flexibility index (Phi) is 4.28. The highest BCUT2D eigenvalue weighted by atomic mass is 19.4. The highest BCUT2D eigenvalue weighted by Gasteiger charge is 2.37. The van der Waals surface area contributed by atoms with Crippen LogP contribution in [0.2, 0.25) is 0 Å². The lowest BCUT2D eigenvalue weighted by Crippen LogP contribution is -2.33. The van der Waals surface area contributed by atoms with Crippen molar-refractivity contribution in [2.75, 3.05) is 5.32 Å². The molecule has 11 heteroatoms. The van der Waals surface area contributed by atoms with Gasteiger partial charge < -0.3 is 5.32 Å². The van der Waals surface area contributed by atoms with Crippen LogP contribution >= 0.6 is 0 Å². The summed E-state index contributed by atoms with van der Waals surface area (Å²) < 4.78 is 41.1. The zero-order valence-corrected chi connectivity index (χ0v) is 14.1. The predicted octanol–water partition coefficient (Wildman–Crippen LogP) is 2.30. The Bertz CT molecular complexity index is 1000. The molecule has 0 aromatic carbocycles. The van der Waals surface area contributed by atoms with Gasteiger partial charge in [-0.25, -0.2) is 4.68 Å². The number of rotatable bonds is 3. The van der Waals surface area contributed by atoms with Crippen LogP contribution in [0, 0.1) is 0 Å². The minimum Gasteiger partial charge on any atom is -0.366 e. The second-order valence-corrected chi connectivity index (χ2v) is 6.47. The van der Waals surface area contributed by atoms with E-state index in [0.29, 0.717) is 10.3 Å². The van der Waals surface area contributed by atoms with E-state index in [-0.39, 0.29) is 23.3 Å². The van der Waals surface area contributed by atoms with Gasteiger partial charge in [-0.05, 0) is 43.9 Å². The first-order valence-corrected chi connectivity index (χ1v) is 8.52. The number of fused-ring (bicyclic) bond motifs is 1. The number of nitrogens with zero attached hydrogens (tertiary/aromatic N) is 6. The third kappa shape index (κ3) is 3.49. The summed E-state index contributed by atoms with van der Waals surface area (Å²) in [5, 5.41) is 17.9. The van der Waals surface area contributed by atoms with E-state index < -0.39 is 12.0 Å². The van der Waals surface area contributed by atoms with Gasteiger partial charge in [0.15, 0.2) is 5.65 Å². The normalized spacial score (nSPS) is 20.7. The van der Waals surface area contributed by atoms with Crippen LogP contribution in [-0.4, -0.2) is 35.6 Å². The first-order chi connectivity index (χ1) is 12.9. The molecule has 1 saturated carbocycles. The van der Waals surface area contributed by atoms with Gasteiger partial charge >= 0.3 is 6.18 Å². The van der Waals surface area contributed by atoms with E-state index in [1.54, 1.807) is 18.3 Å². The third-order valence-electron chi connectivity index (χ3n) is 4.65. The summed E-state index contributed by atoms with van der Waals surface area (Å²) in [7, 11) is 0. The maximum Gasteiger partial charge on any atom is 0.453 e. The van der Waals surface area contributed by atoms with Gasteiger partial charge in [0.1, 0.15) is 5.82 Å². The average molecular weight is 379 g/mol. The fraction of sp³-hybridized carbons (Fsp3) is 0.438. The summed E-state index contributed by atoms with van der Waals surface area (Å²) >= 11 is 0. The van der Waals surface area contributed by atoms with Gasteiger partial charge in [0.25, 0.3) is 11.4 Å². The van der Waals surface area contributed by atoms with Crippen molar-refractivity contribution in [1.29, 1.82) is 0 Å². The molecule has 0 amide bonds. The fourth-order valence-corrected chi connectivity index (χ4v) is 3.36. The summed E-state index contributed by atoms with van der Waals surface area (Å²) in [6.07, 6.45) is -0.0424. The van der Waals surface area contributed by atoms with Crippen molar-refractivity contribution in [1.82, 2.24) is 29.6 Å². The molecule has 0 saturated heterocycles. The molecular weight excluding hydrogens is 363 g/mol. The molecule has 3 aromatic rings. The van der Waals surface area contributed by atoms with E-state index in [0.717, 1.165) is 25.7 Å². The lowest BCUT2D eigenvalue weighted by Gasteiger charge is -2.29. The van der Waals surface area contributed by atoms with E-state index in [2.05, 4.69) is 25.7 Å². The molecule has 8 nitrogen and oxygen atoms in total. The van der Waals surface area contributed by atoms with Crippen LogP contribution in [0.4, 0.5) is 19.0 Å². The summed E-state index contributed by atoms with van der Waals surface area (Å²) in [4.78, 5) is 11.9. The van der Waals surface area contributed by atoms with Crippen LogP contribution in [0.15, 0.2) is 35.3 Å². The molecule has 1 aliphatic carbocycles. The largest absolute Gasteiger partial charge is 0.453 e. The maximum absolute atomic E-state index is 13.0. The van der Waals surface area contributed by atoms with E-state index in [4.69, 9.17) is 0 Å². The number of nitrogens with one attached hydrogen (secondary N) is 1. The van der Waals surface area contributed by atoms with Gasteiger partial charge in [0, 0.05) is 18.3 Å². The molecule has 1 fully saturated rings. The van der Waals surface area contributed by atoms with Crippen molar-refractivity contribution >= 4 is 11.5 Å². The topological polar surface area (TPSA) is 90.0 Å². The molecule has 0 atom stereocenters. The Labute approximate surface area is 151 Å². The van der Waals surface area contributed by atoms with Crippen LogP contribution in [-0.2, 0) is 6.18 Å². The van der Waals surface area contributed by atoms with Crippen molar-refractivity contribution < 1.29 is 13.2 Å². The quantitative estimate of drug-likeness (QED) is 0.751. The van der Waals surface area contributed by atoms with Gasteiger partial charge in [0.05, 0.1) is 6.04 Å². The molecule has 142 valence electrons. The lowest BCUT2D eigenvalue weighted by atomic mass is 9.91. The Morgan fingerprint density at radius 3 is 2.56 bits per heavy atom.